The number of hydrogen-bond acceptors (Lipinski definition) is 11. The maximum Gasteiger partial charge on any atom is 0.437 e. The summed E-state index contributed by atoms with van der Waals surface area (Å²) < 4.78 is 92.4. The van der Waals surface area contributed by atoms with Crippen molar-refractivity contribution in [2.45, 2.75) is 145 Å². The zero-order chi connectivity index (χ0) is 48.9. The first-order valence-corrected chi connectivity index (χ1v) is 24.6. The van der Waals surface area contributed by atoms with Gasteiger partial charge >= 0.3 is 12.3 Å². The number of carbonyl (C=O) groups excluding carboxylic acids is 4. The number of aromatic nitrogens is 2. The summed E-state index contributed by atoms with van der Waals surface area (Å²) in [6.07, 6.45) is 5.72. The van der Waals surface area contributed by atoms with Crippen molar-refractivity contribution >= 4 is 44.7 Å². The van der Waals surface area contributed by atoms with Crippen molar-refractivity contribution in [2.75, 3.05) is 13.2 Å². The number of pyridine rings is 2. The Kier molecular flexibility index (Phi) is 13.0. The number of sulfonamides is 1. The van der Waals surface area contributed by atoms with Crippen LogP contribution in [0.4, 0.5) is 18.0 Å². The van der Waals surface area contributed by atoms with Crippen molar-refractivity contribution in [3.05, 3.63) is 88.5 Å². The molecule has 1 saturated carbocycles. The summed E-state index contributed by atoms with van der Waals surface area (Å²) in [6, 6.07) is 6.67. The number of carbonyl (C=O) groups is 4. The van der Waals surface area contributed by atoms with E-state index < -0.39 is 90.9 Å². The van der Waals surface area contributed by atoms with Gasteiger partial charge in [-0.3, -0.25) is 23.9 Å². The van der Waals surface area contributed by atoms with E-state index in [4.69, 9.17) is 14.2 Å². The molecule has 8 rings (SSSR count). The average Bonchev–Trinajstić information content (AvgIpc) is 3.92. The number of benzene rings is 1. The quantitative estimate of drug-likeness (QED) is 0.168. The number of rotatable bonds is 9. The van der Waals surface area contributed by atoms with E-state index in [1.807, 2.05) is 6.08 Å². The van der Waals surface area contributed by atoms with Gasteiger partial charge in [0.1, 0.15) is 34.6 Å². The zero-order valence-electron chi connectivity index (χ0n) is 38.4. The highest BCUT2D eigenvalue weighted by atomic mass is 32.2. The molecule has 2 aromatic heterocycles. The number of amides is 4. The van der Waals surface area contributed by atoms with Crippen molar-refractivity contribution < 1.29 is 55.0 Å². The molecular formula is C48H57F3N6O10S. The molecule has 1 saturated heterocycles. The Morgan fingerprint density at radius 2 is 1.81 bits per heavy atom. The van der Waals surface area contributed by atoms with Crippen LogP contribution < -0.4 is 30.4 Å². The van der Waals surface area contributed by atoms with Crippen molar-refractivity contribution in [1.29, 1.82) is 0 Å². The molecule has 5 unspecified atom stereocenters. The van der Waals surface area contributed by atoms with E-state index in [0.29, 0.717) is 62.6 Å². The van der Waals surface area contributed by atoms with Gasteiger partial charge in [0.2, 0.25) is 27.4 Å². The fraction of sp³-hybridized carbons (Fsp3) is 0.542. The van der Waals surface area contributed by atoms with Crippen LogP contribution in [-0.4, -0.2) is 93.4 Å². The maximum atomic E-state index is 15.0. The topological polar surface area (TPSA) is 204 Å². The number of alkyl carbamates (subject to hydrolysis) is 1. The van der Waals surface area contributed by atoms with Crippen LogP contribution >= 0.6 is 0 Å². The van der Waals surface area contributed by atoms with E-state index in [0.717, 1.165) is 0 Å². The molecule has 5 aliphatic rings. The Labute approximate surface area is 392 Å². The van der Waals surface area contributed by atoms with E-state index in [9.17, 15) is 32.4 Å². The van der Waals surface area contributed by atoms with Crippen molar-refractivity contribution in [3.63, 3.8) is 0 Å². The van der Waals surface area contributed by atoms with E-state index in [1.54, 1.807) is 57.3 Å². The Hall–Kier alpha value is -5.92. The number of allylic oxidation sites excluding steroid dienone is 1. The average molecular weight is 967 g/mol. The number of fused-ring (bicyclic) bond motifs is 5. The van der Waals surface area contributed by atoms with Crippen LogP contribution in [-0.2, 0) is 48.3 Å². The molecule has 68 heavy (non-hydrogen) atoms. The second-order valence-corrected chi connectivity index (χ2v) is 21.9. The van der Waals surface area contributed by atoms with E-state index in [1.165, 1.54) is 40.7 Å². The monoisotopic (exact) mass is 966 g/mol. The van der Waals surface area contributed by atoms with E-state index in [2.05, 4.69) is 20.3 Å². The van der Waals surface area contributed by atoms with Gasteiger partial charge in [0, 0.05) is 42.1 Å². The molecule has 366 valence electrons. The minimum atomic E-state index is -4.99. The first-order chi connectivity index (χ1) is 32.0. The number of halogens is 3. The third-order valence-corrected chi connectivity index (χ3v) is 15.6. The number of alkyl halides is 3. The minimum Gasteiger partial charge on any atom is -0.494 e. The molecule has 20 heteroatoms. The molecule has 2 aliphatic carbocycles. The Morgan fingerprint density at radius 3 is 2.50 bits per heavy atom. The molecule has 1 spiro atoms. The summed E-state index contributed by atoms with van der Waals surface area (Å²) in [5.74, 6) is -3.58. The predicted molar refractivity (Wildman–Crippen MR) is 243 cm³/mol. The van der Waals surface area contributed by atoms with Crippen LogP contribution in [0.15, 0.2) is 71.7 Å². The highest BCUT2D eigenvalue weighted by Gasteiger charge is 2.58. The number of ether oxygens (including phenoxy) is 3. The largest absolute Gasteiger partial charge is 0.494 e. The Bertz CT molecular complexity index is 2730. The number of hydrogen-bond donors (Lipinski definition) is 3. The molecule has 2 fully saturated rings. The van der Waals surface area contributed by atoms with Gasteiger partial charge in [-0.1, -0.05) is 43.2 Å². The van der Waals surface area contributed by atoms with E-state index in [-0.39, 0.29) is 55.5 Å². The highest BCUT2D eigenvalue weighted by Crippen LogP contribution is 2.49. The molecular weight excluding hydrogens is 910 g/mol. The molecule has 0 bridgehead atoms. The third-order valence-electron chi connectivity index (χ3n) is 13.5. The number of nitrogens with one attached hydrogen (secondary N) is 3. The van der Waals surface area contributed by atoms with Gasteiger partial charge in [0.05, 0.1) is 23.4 Å². The van der Waals surface area contributed by atoms with Crippen LogP contribution in [0.25, 0.3) is 10.9 Å². The molecule has 4 amide bonds. The summed E-state index contributed by atoms with van der Waals surface area (Å²) in [7, 11) is -4.17. The lowest BCUT2D eigenvalue weighted by Gasteiger charge is -2.42. The zero-order valence-corrected chi connectivity index (χ0v) is 39.3. The van der Waals surface area contributed by atoms with Gasteiger partial charge in [-0.25, -0.2) is 18.2 Å². The fourth-order valence-electron chi connectivity index (χ4n) is 9.31. The summed E-state index contributed by atoms with van der Waals surface area (Å²) in [5, 5.41) is 5.79. The van der Waals surface area contributed by atoms with Crippen LogP contribution in [0.3, 0.4) is 0 Å². The second kappa shape index (κ2) is 18.2. The lowest BCUT2D eigenvalue weighted by Crippen LogP contribution is -2.67. The first-order valence-electron chi connectivity index (χ1n) is 23.1. The smallest absolute Gasteiger partial charge is 0.437 e. The first kappa shape index (κ1) is 48.5. The predicted octanol–water partition coefficient (Wildman–Crippen LogP) is 6.00. The van der Waals surface area contributed by atoms with Crippen molar-refractivity contribution in [3.8, 4) is 11.5 Å². The van der Waals surface area contributed by atoms with Gasteiger partial charge in [-0.15, -0.1) is 0 Å². The molecule has 0 radical (unpaired) electrons. The van der Waals surface area contributed by atoms with Crippen LogP contribution in [0, 0.1) is 5.92 Å². The molecule has 5 heterocycles. The second-order valence-electron chi connectivity index (χ2n) is 19.7. The summed E-state index contributed by atoms with van der Waals surface area (Å²) >= 11 is 0. The van der Waals surface area contributed by atoms with E-state index >= 15 is 13.2 Å². The summed E-state index contributed by atoms with van der Waals surface area (Å²) in [6.45, 7) is 6.69. The lowest BCUT2D eigenvalue weighted by molar-refractivity contribution is -0.144. The van der Waals surface area contributed by atoms with Gasteiger partial charge in [0.25, 0.3) is 5.91 Å². The highest BCUT2D eigenvalue weighted by molar-refractivity contribution is 7.91. The summed E-state index contributed by atoms with van der Waals surface area (Å²) in [4.78, 5) is 74.6. The van der Waals surface area contributed by atoms with Crippen LogP contribution in [0.5, 0.6) is 11.5 Å². The minimum absolute atomic E-state index is 0.00629. The van der Waals surface area contributed by atoms with Gasteiger partial charge in [0.15, 0.2) is 11.4 Å². The Morgan fingerprint density at radius 1 is 1.03 bits per heavy atom. The maximum absolute atomic E-state index is 15.0. The normalized spacial score (nSPS) is 25.9. The molecule has 1 aromatic carbocycles. The van der Waals surface area contributed by atoms with Crippen molar-refractivity contribution in [2.24, 2.45) is 5.92 Å². The molecule has 3 N–H and O–H groups in total. The van der Waals surface area contributed by atoms with Gasteiger partial charge in [-0.2, -0.15) is 13.2 Å². The third kappa shape index (κ3) is 9.96. The standard InChI is InChI=1S/C48H57F3N6O10S/c1-44(2,3)67-43(62)53-35-14-9-7-5-6-8-13-30-18-21-47(30,42(61)55-68(63,64)45(4)22-23-45)54-40(59)36-28-46(29-57(36)41(35)60)20-19-32-33-27-31(65-26-12-25-56-24-11-10-15-37(56)58)16-17-34(33)52-39(38(32)66-46)48(49,50)51/h8,10-11,13,15-18,21,24,27,30,35-36H,5-7,9,12,14,19-20,22-23,25-26,28-29H2,1-4H3,(H,53,62)(H,54,59)(H,55,61). The molecule has 3 aliphatic heterocycles. The molecule has 5 atom stereocenters. The van der Waals surface area contributed by atoms with Crippen molar-refractivity contribution in [1.82, 2.24) is 29.8 Å². The van der Waals surface area contributed by atoms with Gasteiger partial charge in [-0.05, 0) is 103 Å². The lowest BCUT2D eigenvalue weighted by atomic mass is 9.73. The SMILES string of the molecule is CC(C)(C)OC(=O)NC1CCCCCC=CC2C=CC2(C(=O)NS(=O)(=O)C2(C)CC2)NC(=O)C2CC3(CCc4c(c(C(F)(F)F)nc5ccc(OCCCn6ccccc6=O)cc45)O3)CN2C1=O. The molecule has 16 nitrogen and oxygen atoms in total. The Balaban J connectivity index is 1.14. The number of nitrogens with zero attached hydrogens (tertiary/aromatic N) is 3. The van der Waals surface area contributed by atoms with Crippen LogP contribution in [0.2, 0.25) is 0 Å². The van der Waals surface area contributed by atoms with Gasteiger partial charge < -0.3 is 34.3 Å². The molecule has 3 aromatic rings. The summed E-state index contributed by atoms with van der Waals surface area (Å²) in [5.41, 5.74) is -5.64. The van der Waals surface area contributed by atoms with Crippen LogP contribution in [0.1, 0.15) is 103 Å². The number of aryl methyl sites for hydroxylation is 2. The fourth-order valence-corrected chi connectivity index (χ4v) is 10.6.